The highest BCUT2D eigenvalue weighted by atomic mass is 16.5. The van der Waals surface area contributed by atoms with E-state index in [1.54, 1.807) is 7.11 Å². The van der Waals surface area contributed by atoms with E-state index in [1.165, 1.54) is 0 Å². The lowest BCUT2D eigenvalue weighted by Crippen LogP contribution is -2.46. The van der Waals surface area contributed by atoms with Gasteiger partial charge in [0.1, 0.15) is 11.5 Å². The Balaban J connectivity index is 1.53. The van der Waals surface area contributed by atoms with E-state index in [-0.39, 0.29) is 12.7 Å². The van der Waals surface area contributed by atoms with E-state index in [1.807, 2.05) is 24.3 Å². The maximum Gasteiger partial charge on any atom is 0.240 e. The summed E-state index contributed by atoms with van der Waals surface area (Å²) in [5.41, 5.74) is 0. The second-order valence-electron chi connectivity index (χ2n) is 5.99. The highest BCUT2D eigenvalue weighted by Crippen LogP contribution is 2.18. The number of aromatic nitrogens is 2. The zero-order chi connectivity index (χ0) is 16.9. The Hall–Kier alpha value is -2.12. The second-order valence-corrected chi connectivity index (χ2v) is 5.99. The molecule has 0 amide bonds. The van der Waals surface area contributed by atoms with E-state index in [0.717, 1.165) is 24.7 Å². The normalized spacial score (nSPS) is 21.6. The van der Waals surface area contributed by atoms with Crippen LogP contribution in [0.1, 0.15) is 25.6 Å². The molecule has 2 unspecified atom stereocenters. The Labute approximate surface area is 141 Å². The third-order valence-electron chi connectivity index (χ3n) is 4.01. The summed E-state index contributed by atoms with van der Waals surface area (Å²) in [6, 6.07) is 7.72. The maximum absolute atomic E-state index is 5.66. The molecule has 1 aromatic heterocycles. The summed E-state index contributed by atoms with van der Waals surface area (Å²) in [5.74, 6) is 2.66. The Morgan fingerprint density at radius 3 is 2.71 bits per heavy atom. The Bertz CT molecular complexity index is 644. The Kier molecular flexibility index (Phi) is 5.32. The molecule has 0 N–H and O–H groups in total. The number of hydrogen-bond donors (Lipinski definition) is 0. The maximum atomic E-state index is 5.66. The first-order valence-electron chi connectivity index (χ1n) is 8.08. The van der Waals surface area contributed by atoms with Gasteiger partial charge < -0.3 is 18.7 Å². The van der Waals surface area contributed by atoms with E-state index in [9.17, 15) is 0 Å². The number of ether oxygens (including phenoxy) is 3. The molecule has 0 bridgehead atoms. The average Bonchev–Trinajstić information content (AvgIpc) is 3.04. The van der Waals surface area contributed by atoms with Crippen molar-refractivity contribution in [2.24, 2.45) is 0 Å². The number of nitrogens with zero attached hydrogens (tertiary/aromatic N) is 3. The number of morpholine rings is 1. The Morgan fingerprint density at radius 2 is 1.96 bits per heavy atom. The van der Waals surface area contributed by atoms with Gasteiger partial charge in [0.25, 0.3) is 0 Å². The molecule has 0 saturated carbocycles. The molecule has 1 aromatic carbocycles. The minimum absolute atomic E-state index is 0.224. The van der Waals surface area contributed by atoms with Gasteiger partial charge in [0.05, 0.1) is 26.4 Å². The lowest BCUT2D eigenvalue weighted by Gasteiger charge is -2.35. The van der Waals surface area contributed by atoms with E-state index in [4.69, 9.17) is 18.7 Å². The summed E-state index contributed by atoms with van der Waals surface area (Å²) in [4.78, 5) is 6.69. The van der Waals surface area contributed by atoms with Crippen LogP contribution in [0.15, 0.2) is 28.8 Å². The van der Waals surface area contributed by atoms with Gasteiger partial charge in [-0.05, 0) is 38.1 Å². The molecule has 24 heavy (non-hydrogen) atoms. The predicted octanol–water partition coefficient (Wildman–Crippen LogP) is 2.27. The van der Waals surface area contributed by atoms with E-state index >= 15 is 0 Å². The lowest BCUT2D eigenvalue weighted by molar-refractivity contribution is -0.0555. The molecule has 3 rings (SSSR count). The molecule has 2 heterocycles. The van der Waals surface area contributed by atoms with E-state index in [2.05, 4.69) is 28.9 Å². The van der Waals surface area contributed by atoms with Crippen LogP contribution in [-0.2, 0) is 17.9 Å². The van der Waals surface area contributed by atoms with Gasteiger partial charge in [-0.2, -0.15) is 4.98 Å². The van der Waals surface area contributed by atoms with Crippen molar-refractivity contribution in [3.05, 3.63) is 36.0 Å². The van der Waals surface area contributed by atoms with Crippen molar-refractivity contribution < 1.29 is 18.7 Å². The van der Waals surface area contributed by atoms with Crippen molar-refractivity contribution in [2.45, 2.75) is 39.1 Å². The molecule has 0 radical (unpaired) electrons. The minimum Gasteiger partial charge on any atom is -0.497 e. The van der Waals surface area contributed by atoms with Crippen LogP contribution < -0.4 is 9.47 Å². The van der Waals surface area contributed by atoms with Crippen molar-refractivity contribution in [1.82, 2.24) is 15.0 Å². The SMILES string of the molecule is COc1ccc(OCc2noc(CN3CC(C)OCC3C)n2)cc1. The third kappa shape index (κ3) is 4.24. The summed E-state index contributed by atoms with van der Waals surface area (Å²) >= 11 is 0. The predicted molar refractivity (Wildman–Crippen MR) is 86.9 cm³/mol. The van der Waals surface area contributed by atoms with Crippen LogP contribution in [0.3, 0.4) is 0 Å². The van der Waals surface area contributed by atoms with Crippen LogP contribution in [0, 0.1) is 0 Å². The van der Waals surface area contributed by atoms with Crippen molar-refractivity contribution in [2.75, 3.05) is 20.3 Å². The molecule has 2 atom stereocenters. The second kappa shape index (κ2) is 7.63. The molecular formula is C17H23N3O4. The first-order valence-corrected chi connectivity index (χ1v) is 8.08. The number of benzene rings is 1. The molecule has 0 spiro atoms. The molecule has 7 nitrogen and oxygen atoms in total. The highest BCUT2D eigenvalue weighted by Gasteiger charge is 2.25. The molecule has 1 fully saturated rings. The monoisotopic (exact) mass is 333 g/mol. The van der Waals surface area contributed by atoms with Gasteiger partial charge in [-0.15, -0.1) is 0 Å². The average molecular weight is 333 g/mol. The quantitative estimate of drug-likeness (QED) is 0.803. The third-order valence-corrected chi connectivity index (χ3v) is 4.01. The topological polar surface area (TPSA) is 69.9 Å². The molecule has 1 aliphatic rings. The van der Waals surface area contributed by atoms with Crippen molar-refractivity contribution >= 4 is 0 Å². The molecule has 7 heteroatoms. The van der Waals surface area contributed by atoms with Crippen LogP contribution in [0.4, 0.5) is 0 Å². The van der Waals surface area contributed by atoms with E-state index in [0.29, 0.717) is 24.3 Å². The first kappa shape index (κ1) is 16.7. The van der Waals surface area contributed by atoms with Gasteiger partial charge in [0.2, 0.25) is 11.7 Å². The number of rotatable bonds is 6. The highest BCUT2D eigenvalue weighted by molar-refractivity contribution is 5.31. The standard InChI is InChI=1S/C17H23N3O4/c1-12-10-22-13(2)8-20(12)9-17-18-16(19-24-17)11-23-15-6-4-14(21-3)5-7-15/h4-7,12-13H,8-11H2,1-3H3. The molecule has 0 aliphatic carbocycles. The van der Waals surface area contributed by atoms with Crippen LogP contribution in [-0.4, -0.2) is 47.4 Å². The first-order chi connectivity index (χ1) is 11.6. The molecule has 130 valence electrons. The molecule has 1 saturated heterocycles. The van der Waals surface area contributed by atoms with Crippen LogP contribution in [0.5, 0.6) is 11.5 Å². The summed E-state index contributed by atoms with van der Waals surface area (Å²) in [5, 5.41) is 3.98. The lowest BCUT2D eigenvalue weighted by atomic mass is 10.2. The van der Waals surface area contributed by atoms with Crippen LogP contribution in [0.2, 0.25) is 0 Å². The number of methoxy groups -OCH3 is 1. The van der Waals surface area contributed by atoms with Crippen LogP contribution >= 0.6 is 0 Å². The van der Waals surface area contributed by atoms with Crippen molar-refractivity contribution in [1.29, 1.82) is 0 Å². The van der Waals surface area contributed by atoms with Crippen molar-refractivity contribution in [3.63, 3.8) is 0 Å². The number of hydrogen-bond acceptors (Lipinski definition) is 7. The van der Waals surface area contributed by atoms with Gasteiger partial charge in [-0.1, -0.05) is 5.16 Å². The van der Waals surface area contributed by atoms with Crippen LogP contribution in [0.25, 0.3) is 0 Å². The zero-order valence-corrected chi connectivity index (χ0v) is 14.3. The summed E-state index contributed by atoms with van der Waals surface area (Å²) in [6.07, 6.45) is 0.224. The smallest absolute Gasteiger partial charge is 0.240 e. The van der Waals surface area contributed by atoms with Crippen molar-refractivity contribution in [3.8, 4) is 11.5 Å². The Morgan fingerprint density at radius 1 is 1.21 bits per heavy atom. The fourth-order valence-electron chi connectivity index (χ4n) is 2.60. The zero-order valence-electron chi connectivity index (χ0n) is 14.3. The van der Waals surface area contributed by atoms with Gasteiger partial charge in [-0.3, -0.25) is 4.90 Å². The fourth-order valence-corrected chi connectivity index (χ4v) is 2.60. The summed E-state index contributed by atoms with van der Waals surface area (Å²) in [6.45, 7) is 6.69. The molecular weight excluding hydrogens is 310 g/mol. The van der Waals surface area contributed by atoms with E-state index < -0.39 is 0 Å². The molecule has 2 aromatic rings. The largest absolute Gasteiger partial charge is 0.497 e. The van der Waals surface area contributed by atoms with Gasteiger partial charge in [0.15, 0.2) is 6.61 Å². The minimum atomic E-state index is 0.224. The molecule has 1 aliphatic heterocycles. The summed E-state index contributed by atoms with van der Waals surface area (Å²) < 4.78 is 21.7. The summed E-state index contributed by atoms with van der Waals surface area (Å²) in [7, 11) is 1.63. The fraction of sp³-hybridized carbons (Fsp3) is 0.529. The van der Waals surface area contributed by atoms with Gasteiger partial charge in [0, 0.05) is 12.6 Å². The van der Waals surface area contributed by atoms with Gasteiger partial charge in [-0.25, -0.2) is 0 Å². The van der Waals surface area contributed by atoms with Gasteiger partial charge >= 0.3 is 0 Å².